The molecule has 1 aromatic heterocycles. The van der Waals surface area contributed by atoms with Gasteiger partial charge in [-0.1, -0.05) is 12.1 Å². The SMILES string of the molecule is Cn1cccc1C(=O)C(=O)N1CCOC[C@H]1CC(=O)Nc1ccccc1F. The van der Waals surface area contributed by atoms with Crippen LogP contribution in [0.4, 0.5) is 10.1 Å². The molecule has 0 spiro atoms. The standard InChI is InChI=1S/C19H20FN3O4/c1-22-8-4-7-16(22)18(25)19(26)23-9-10-27-12-13(23)11-17(24)21-15-6-3-2-5-14(15)20/h2-8,13H,9-12H2,1H3,(H,21,24)/t13-/m1/s1. The van der Waals surface area contributed by atoms with E-state index in [-0.39, 0.29) is 37.6 Å². The lowest BCUT2D eigenvalue weighted by Crippen LogP contribution is -2.52. The molecule has 2 heterocycles. The van der Waals surface area contributed by atoms with Crippen molar-refractivity contribution in [1.29, 1.82) is 0 Å². The Morgan fingerprint density at radius 2 is 2.00 bits per heavy atom. The van der Waals surface area contributed by atoms with Crippen molar-refractivity contribution < 1.29 is 23.5 Å². The van der Waals surface area contributed by atoms with Crippen molar-refractivity contribution in [3.63, 3.8) is 0 Å². The van der Waals surface area contributed by atoms with Crippen LogP contribution in [0.25, 0.3) is 0 Å². The van der Waals surface area contributed by atoms with Crippen LogP contribution in [0.1, 0.15) is 16.9 Å². The van der Waals surface area contributed by atoms with Gasteiger partial charge in [-0.3, -0.25) is 14.4 Å². The molecule has 0 unspecified atom stereocenters. The molecule has 0 aliphatic carbocycles. The molecule has 1 aromatic carbocycles. The average Bonchev–Trinajstić information content (AvgIpc) is 3.09. The summed E-state index contributed by atoms with van der Waals surface area (Å²) in [5, 5.41) is 2.49. The maximum absolute atomic E-state index is 13.7. The van der Waals surface area contributed by atoms with E-state index in [0.29, 0.717) is 0 Å². The van der Waals surface area contributed by atoms with Crippen LogP contribution in [0.3, 0.4) is 0 Å². The summed E-state index contributed by atoms with van der Waals surface area (Å²) in [6, 6.07) is 8.48. The smallest absolute Gasteiger partial charge is 0.296 e. The maximum Gasteiger partial charge on any atom is 0.296 e. The van der Waals surface area contributed by atoms with Crippen molar-refractivity contribution in [2.24, 2.45) is 7.05 Å². The highest BCUT2D eigenvalue weighted by atomic mass is 19.1. The third kappa shape index (κ3) is 4.22. The van der Waals surface area contributed by atoms with Gasteiger partial charge in [0.05, 0.1) is 30.6 Å². The molecular weight excluding hydrogens is 353 g/mol. The summed E-state index contributed by atoms with van der Waals surface area (Å²) in [5.74, 6) is -2.31. The van der Waals surface area contributed by atoms with Gasteiger partial charge in [0.15, 0.2) is 0 Å². The number of benzene rings is 1. The van der Waals surface area contributed by atoms with Crippen LogP contribution in [0, 0.1) is 5.82 Å². The van der Waals surface area contributed by atoms with Gasteiger partial charge in [-0.05, 0) is 24.3 Å². The minimum atomic E-state index is -0.677. The van der Waals surface area contributed by atoms with Gasteiger partial charge in [-0.2, -0.15) is 0 Å². The van der Waals surface area contributed by atoms with Crippen LogP contribution in [0.2, 0.25) is 0 Å². The summed E-state index contributed by atoms with van der Waals surface area (Å²) in [4.78, 5) is 38.8. The molecule has 142 valence electrons. The summed E-state index contributed by atoms with van der Waals surface area (Å²) in [6.07, 6.45) is 1.58. The number of anilines is 1. The lowest BCUT2D eigenvalue weighted by Gasteiger charge is -2.34. The van der Waals surface area contributed by atoms with E-state index in [4.69, 9.17) is 4.74 Å². The van der Waals surface area contributed by atoms with Crippen molar-refractivity contribution >= 4 is 23.3 Å². The van der Waals surface area contributed by atoms with E-state index in [1.54, 1.807) is 36.0 Å². The molecule has 0 saturated carbocycles. The number of ether oxygens (including phenoxy) is 1. The number of nitrogens with one attached hydrogen (secondary N) is 1. The topological polar surface area (TPSA) is 80.6 Å². The second-order valence-electron chi connectivity index (χ2n) is 6.29. The number of ketones is 1. The summed E-state index contributed by atoms with van der Waals surface area (Å²) in [5.41, 5.74) is 0.345. The number of para-hydroxylation sites is 1. The zero-order valence-electron chi connectivity index (χ0n) is 14.9. The number of aryl methyl sites for hydroxylation is 1. The van der Waals surface area contributed by atoms with Crippen LogP contribution >= 0.6 is 0 Å². The first-order valence-corrected chi connectivity index (χ1v) is 8.56. The fraction of sp³-hybridized carbons (Fsp3) is 0.316. The second kappa shape index (κ2) is 8.13. The Balaban J connectivity index is 1.69. The molecule has 2 amide bonds. The van der Waals surface area contributed by atoms with Crippen molar-refractivity contribution in [3.8, 4) is 0 Å². The normalized spacial score (nSPS) is 16.8. The minimum Gasteiger partial charge on any atom is -0.377 e. The van der Waals surface area contributed by atoms with Gasteiger partial charge in [-0.15, -0.1) is 0 Å². The molecule has 1 N–H and O–H groups in total. The van der Waals surface area contributed by atoms with Gasteiger partial charge in [0, 0.05) is 26.2 Å². The van der Waals surface area contributed by atoms with E-state index in [2.05, 4.69) is 5.32 Å². The number of amides is 2. The molecule has 1 saturated heterocycles. The van der Waals surface area contributed by atoms with Gasteiger partial charge in [-0.25, -0.2) is 4.39 Å². The number of aromatic nitrogens is 1. The van der Waals surface area contributed by atoms with Crippen LogP contribution in [0.15, 0.2) is 42.6 Å². The summed E-state index contributed by atoms with van der Waals surface area (Å²) >= 11 is 0. The molecule has 0 bridgehead atoms. The van der Waals surface area contributed by atoms with E-state index in [0.717, 1.165) is 0 Å². The Morgan fingerprint density at radius 3 is 2.70 bits per heavy atom. The zero-order chi connectivity index (χ0) is 19.4. The summed E-state index contributed by atoms with van der Waals surface area (Å²) in [7, 11) is 1.68. The van der Waals surface area contributed by atoms with Gasteiger partial charge in [0.1, 0.15) is 5.82 Å². The number of rotatable bonds is 5. The minimum absolute atomic E-state index is 0.0667. The number of nitrogens with zero attached hydrogens (tertiary/aromatic N) is 2. The van der Waals surface area contributed by atoms with Crippen molar-refractivity contribution in [2.75, 3.05) is 25.1 Å². The van der Waals surface area contributed by atoms with E-state index in [1.807, 2.05) is 0 Å². The molecule has 27 heavy (non-hydrogen) atoms. The number of hydrogen-bond acceptors (Lipinski definition) is 4. The van der Waals surface area contributed by atoms with Crippen molar-refractivity contribution in [1.82, 2.24) is 9.47 Å². The largest absolute Gasteiger partial charge is 0.377 e. The first-order valence-electron chi connectivity index (χ1n) is 8.56. The molecule has 1 aliphatic heterocycles. The average molecular weight is 373 g/mol. The van der Waals surface area contributed by atoms with Gasteiger partial charge in [0.2, 0.25) is 5.91 Å². The third-order valence-electron chi connectivity index (χ3n) is 4.43. The van der Waals surface area contributed by atoms with Gasteiger partial charge < -0.3 is 19.5 Å². The molecule has 2 aromatic rings. The Hall–Kier alpha value is -3.00. The molecule has 8 heteroatoms. The quantitative estimate of drug-likeness (QED) is 0.638. The zero-order valence-corrected chi connectivity index (χ0v) is 14.9. The number of Topliss-reactive ketones (excluding diaryl/α,β-unsaturated/α-hetero) is 1. The second-order valence-corrected chi connectivity index (χ2v) is 6.29. The first-order chi connectivity index (χ1) is 13.0. The molecule has 1 fully saturated rings. The summed E-state index contributed by atoms with van der Waals surface area (Å²) in [6.45, 7) is 0.640. The molecule has 3 rings (SSSR count). The highest BCUT2D eigenvalue weighted by Gasteiger charge is 2.33. The van der Waals surface area contributed by atoms with E-state index >= 15 is 0 Å². The number of carbonyl (C=O) groups is 3. The van der Waals surface area contributed by atoms with Crippen LogP contribution in [-0.4, -0.2) is 52.9 Å². The lowest BCUT2D eigenvalue weighted by atomic mass is 10.1. The lowest BCUT2D eigenvalue weighted by molar-refractivity contribution is -0.136. The predicted octanol–water partition coefficient (Wildman–Crippen LogP) is 1.60. The Morgan fingerprint density at radius 1 is 1.22 bits per heavy atom. The monoisotopic (exact) mass is 373 g/mol. The van der Waals surface area contributed by atoms with E-state index < -0.39 is 29.5 Å². The predicted molar refractivity (Wildman–Crippen MR) is 95.7 cm³/mol. The Kier molecular flexibility index (Phi) is 5.66. The molecule has 7 nitrogen and oxygen atoms in total. The Labute approximate surface area is 155 Å². The van der Waals surface area contributed by atoms with E-state index in [1.165, 1.54) is 23.1 Å². The highest BCUT2D eigenvalue weighted by molar-refractivity contribution is 6.42. The molecule has 1 aliphatic rings. The van der Waals surface area contributed by atoms with Crippen LogP contribution in [-0.2, 0) is 21.4 Å². The number of carbonyl (C=O) groups excluding carboxylic acids is 3. The van der Waals surface area contributed by atoms with Crippen LogP contribution < -0.4 is 5.32 Å². The van der Waals surface area contributed by atoms with E-state index in [9.17, 15) is 18.8 Å². The van der Waals surface area contributed by atoms with Gasteiger partial charge in [0.25, 0.3) is 11.7 Å². The number of halogens is 1. The molecule has 0 radical (unpaired) electrons. The fourth-order valence-electron chi connectivity index (χ4n) is 3.01. The van der Waals surface area contributed by atoms with Crippen molar-refractivity contribution in [2.45, 2.75) is 12.5 Å². The summed E-state index contributed by atoms with van der Waals surface area (Å²) < 4.78 is 20.6. The number of morpholine rings is 1. The first kappa shape index (κ1) is 18.8. The molecular formula is C19H20FN3O4. The fourth-order valence-corrected chi connectivity index (χ4v) is 3.01. The Bertz CT molecular complexity index is 864. The van der Waals surface area contributed by atoms with Crippen LogP contribution in [0.5, 0.6) is 0 Å². The maximum atomic E-state index is 13.7. The highest BCUT2D eigenvalue weighted by Crippen LogP contribution is 2.17. The number of hydrogen-bond donors (Lipinski definition) is 1. The molecule has 1 atom stereocenters. The van der Waals surface area contributed by atoms with Crippen molar-refractivity contribution in [3.05, 3.63) is 54.1 Å². The van der Waals surface area contributed by atoms with Gasteiger partial charge >= 0.3 is 0 Å². The third-order valence-corrected chi connectivity index (χ3v) is 4.43.